The van der Waals surface area contributed by atoms with Gasteiger partial charge in [0.25, 0.3) is 0 Å². The second kappa shape index (κ2) is 4.78. The maximum Gasteiger partial charge on any atom is 0.138 e. The van der Waals surface area contributed by atoms with E-state index in [-0.39, 0.29) is 6.10 Å². The fourth-order valence-electron chi connectivity index (χ4n) is 2.72. The van der Waals surface area contributed by atoms with Crippen molar-refractivity contribution in [3.05, 3.63) is 17.2 Å². The van der Waals surface area contributed by atoms with E-state index in [2.05, 4.69) is 16.9 Å². The molecule has 1 aromatic heterocycles. The highest BCUT2D eigenvalue weighted by Crippen LogP contribution is 2.28. The summed E-state index contributed by atoms with van der Waals surface area (Å²) < 4.78 is 11.1. The number of hydrogen-bond donors (Lipinski definition) is 1. The number of aromatic nitrogens is 2. The Labute approximate surface area is 102 Å². The monoisotopic (exact) mass is 236 g/mol. The number of rotatable bonds is 2. The molecule has 2 aliphatic rings. The Hall–Kier alpha value is -0.870. The lowest BCUT2D eigenvalue weighted by atomic mass is 9.88. The Kier molecular flexibility index (Phi) is 3.16. The number of aromatic amines is 1. The van der Waals surface area contributed by atoms with E-state index < -0.39 is 0 Å². The van der Waals surface area contributed by atoms with Crippen molar-refractivity contribution in [1.29, 1.82) is 0 Å². The third-order valence-electron chi connectivity index (χ3n) is 3.86. The van der Waals surface area contributed by atoms with Gasteiger partial charge in [0.2, 0.25) is 0 Å². The largest absolute Gasteiger partial charge is 0.376 e. The summed E-state index contributed by atoms with van der Waals surface area (Å²) in [4.78, 5) is 8.13. The zero-order chi connectivity index (χ0) is 11.7. The minimum absolute atomic E-state index is 0.00873. The fourth-order valence-corrected chi connectivity index (χ4v) is 2.72. The summed E-state index contributed by atoms with van der Waals surface area (Å²) in [6.45, 7) is 4.27. The standard InChI is InChI=1S/C13H20N2O2/c1-2-9-3-4-10-11(7-9)15-13(14-10)12-8-16-5-6-17-12/h9,12H,2-8H2,1H3,(H,14,15). The first-order valence-corrected chi connectivity index (χ1v) is 6.63. The topological polar surface area (TPSA) is 47.1 Å². The van der Waals surface area contributed by atoms with Gasteiger partial charge >= 0.3 is 0 Å². The van der Waals surface area contributed by atoms with Crippen molar-refractivity contribution in [3.63, 3.8) is 0 Å². The van der Waals surface area contributed by atoms with Crippen LogP contribution in [-0.2, 0) is 22.3 Å². The average Bonchev–Trinajstić information content (AvgIpc) is 2.82. The first-order chi connectivity index (χ1) is 8.36. The Bertz CT molecular complexity index is 383. The van der Waals surface area contributed by atoms with Gasteiger partial charge in [-0.3, -0.25) is 0 Å². The molecule has 0 amide bonds. The summed E-state index contributed by atoms with van der Waals surface area (Å²) >= 11 is 0. The number of hydrogen-bond acceptors (Lipinski definition) is 3. The third-order valence-corrected chi connectivity index (χ3v) is 3.86. The second-order valence-electron chi connectivity index (χ2n) is 5.00. The van der Waals surface area contributed by atoms with E-state index in [0.29, 0.717) is 19.8 Å². The molecule has 2 heterocycles. The minimum atomic E-state index is 0.00873. The lowest BCUT2D eigenvalue weighted by Crippen LogP contribution is -2.22. The molecule has 0 saturated carbocycles. The highest BCUT2D eigenvalue weighted by atomic mass is 16.6. The molecule has 17 heavy (non-hydrogen) atoms. The van der Waals surface area contributed by atoms with Gasteiger partial charge in [-0.15, -0.1) is 0 Å². The van der Waals surface area contributed by atoms with Crippen LogP contribution in [0.15, 0.2) is 0 Å². The Morgan fingerprint density at radius 3 is 3.12 bits per heavy atom. The summed E-state index contributed by atoms with van der Waals surface area (Å²) in [5.74, 6) is 1.78. The molecule has 1 aliphatic heterocycles. The lowest BCUT2D eigenvalue weighted by Gasteiger charge is -2.21. The highest BCUT2D eigenvalue weighted by molar-refractivity contribution is 5.19. The van der Waals surface area contributed by atoms with E-state index in [4.69, 9.17) is 9.47 Å². The number of ether oxygens (including phenoxy) is 2. The molecule has 94 valence electrons. The van der Waals surface area contributed by atoms with E-state index in [9.17, 15) is 0 Å². The van der Waals surface area contributed by atoms with Crippen LogP contribution in [0.5, 0.6) is 0 Å². The molecule has 2 unspecified atom stereocenters. The Morgan fingerprint density at radius 1 is 1.41 bits per heavy atom. The molecule has 1 N–H and O–H groups in total. The maximum absolute atomic E-state index is 5.68. The zero-order valence-electron chi connectivity index (χ0n) is 10.4. The SMILES string of the molecule is CCC1CCc2nc(C3COCCO3)[nH]c2C1. The third kappa shape index (κ3) is 2.24. The predicted octanol–water partition coefficient (Wildman–Crippen LogP) is 2.01. The number of fused-ring (bicyclic) bond motifs is 1. The summed E-state index contributed by atoms with van der Waals surface area (Å²) in [5, 5.41) is 0. The first kappa shape index (κ1) is 11.2. The molecule has 1 saturated heterocycles. The van der Waals surface area contributed by atoms with Crippen LogP contribution in [-0.4, -0.2) is 29.8 Å². The van der Waals surface area contributed by atoms with Crippen molar-refractivity contribution in [2.75, 3.05) is 19.8 Å². The normalized spacial score (nSPS) is 29.0. The van der Waals surface area contributed by atoms with Crippen LogP contribution in [0, 0.1) is 5.92 Å². The quantitative estimate of drug-likeness (QED) is 0.854. The van der Waals surface area contributed by atoms with E-state index >= 15 is 0 Å². The fraction of sp³-hybridized carbons (Fsp3) is 0.769. The van der Waals surface area contributed by atoms with Crippen LogP contribution >= 0.6 is 0 Å². The molecule has 0 aromatic carbocycles. The van der Waals surface area contributed by atoms with Gasteiger partial charge in [-0.1, -0.05) is 13.3 Å². The van der Waals surface area contributed by atoms with Crippen LogP contribution < -0.4 is 0 Å². The molecule has 3 rings (SSSR count). The van der Waals surface area contributed by atoms with E-state index in [0.717, 1.165) is 24.6 Å². The zero-order valence-corrected chi connectivity index (χ0v) is 10.4. The number of nitrogens with one attached hydrogen (secondary N) is 1. The van der Waals surface area contributed by atoms with Crippen LogP contribution in [0.1, 0.15) is 43.1 Å². The van der Waals surface area contributed by atoms with Crippen LogP contribution in [0.4, 0.5) is 0 Å². The van der Waals surface area contributed by atoms with Gasteiger partial charge in [-0.2, -0.15) is 0 Å². The Balaban J connectivity index is 1.77. The first-order valence-electron chi connectivity index (χ1n) is 6.63. The molecular formula is C13H20N2O2. The second-order valence-corrected chi connectivity index (χ2v) is 5.00. The van der Waals surface area contributed by atoms with Gasteiger partial charge in [0.05, 0.1) is 25.5 Å². The number of aryl methyl sites for hydroxylation is 1. The molecular weight excluding hydrogens is 216 g/mol. The molecule has 1 aliphatic carbocycles. The van der Waals surface area contributed by atoms with Crippen LogP contribution in [0.2, 0.25) is 0 Å². The predicted molar refractivity (Wildman–Crippen MR) is 63.9 cm³/mol. The highest BCUT2D eigenvalue weighted by Gasteiger charge is 2.25. The number of H-pyrrole nitrogens is 1. The van der Waals surface area contributed by atoms with Gasteiger partial charge in [-0.25, -0.2) is 4.98 Å². The molecule has 0 spiro atoms. The molecule has 1 fully saturated rings. The lowest BCUT2D eigenvalue weighted by molar-refractivity contribution is -0.0933. The molecule has 0 radical (unpaired) electrons. The molecule has 2 atom stereocenters. The van der Waals surface area contributed by atoms with E-state index in [1.54, 1.807) is 0 Å². The van der Waals surface area contributed by atoms with E-state index in [1.165, 1.54) is 24.2 Å². The van der Waals surface area contributed by atoms with Crippen molar-refractivity contribution in [2.24, 2.45) is 5.92 Å². The van der Waals surface area contributed by atoms with E-state index in [1.807, 2.05) is 0 Å². The van der Waals surface area contributed by atoms with Crippen molar-refractivity contribution < 1.29 is 9.47 Å². The molecule has 4 heteroatoms. The number of nitrogens with zero attached hydrogens (tertiary/aromatic N) is 1. The Morgan fingerprint density at radius 2 is 2.35 bits per heavy atom. The average molecular weight is 236 g/mol. The molecule has 4 nitrogen and oxygen atoms in total. The van der Waals surface area contributed by atoms with Gasteiger partial charge in [0.15, 0.2) is 0 Å². The van der Waals surface area contributed by atoms with Crippen LogP contribution in [0.3, 0.4) is 0 Å². The van der Waals surface area contributed by atoms with Gasteiger partial charge < -0.3 is 14.5 Å². The van der Waals surface area contributed by atoms with Gasteiger partial charge in [-0.05, 0) is 25.2 Å². The summed E-state index contributed by atoms with van der Waals surface area (Å²) in [7, 11) is 0. The number of imidazole rings is 1. The summed E-state index contributed by atoms with van der Waals surface area (Å²) in [6, 6.07) is 0. The summed E-state index contributed by atoms with van der Waals surface area (Å²) in [6.07, 6.45) is 4.80. The van der Waals surface area contributed by atoms with Crippen LogP contribution in [0.25, 0.3) is 0 Å². The molecule has 1 aromatic rings. The van der Waals surface area contributed by atoms with Gasteiger partial charge in [0, 0.05) is 5.69 Å². The van der Waals surface area contributed by atoms with Crippen molar-refractivity contribution in [3.8, 4) is 0 Å². The van der Waals surface area contributed by atoms with Crippen molar-refractivity contribution in [1.82, 2.24) is 9.97 Å². The van der Waals surface area contributed by atoms with Gasteiger partial charge in [0.1, 0.15) is 11.9 Å². The summed E-state index contributed by atoms with van der Waals surface area (Å²) in [5.41, 5.74) is 2.58. The molecule has 0 bridgehead atoms. The maximum atomic E-state index is 5.68. The van der Waals surface area contributed by atoms with Crippen molar-refractivity contribution in [2.45, 2.75) is 38.7 Å². The van der Waals surface area contributed by atoms with Crippen molar-refractivity contribution >= 4 is 0 Å². The smallest absolute Gasteiger partial charge is 0.138 e. The minimum Gasteiger partial charge on any atom is -0.376 e.